The van der Waals surface area contributed by atoms with Crippen molar-refractivity contribution < 1.29 is 4.74 Å². The molecule has 0 spiro atoms. The number of para-hydroxylation sites is 1. The third kappa shape index (κ3) is 2.07. The molecule has 1 atom stereocenters. The zero-order chi connectivity index (χ0) is 9.80. The van der Waals surface area contributed by atoms with E-state index in [1.807, 2.05) is 6.07 Å². The van der Waals surface area contributed by atoms with E-state index in [1.54, 1.807) is 0 Å². The molecule has 0 aliphatic carbocycles. The molecule has 2 heteroatoms. The average Bonchev–Trinajstić information content (AvgIpc) is 2.71. The van der Waals surface area contributed by atoms with E-state index in [-0.39, 0.29) is 0 Å². The van der Waals surface area contributed by atoms with Gasteiger partial charge in [0.05, 0.1) is 0 Å². The first-order valence-electron chi connectivity index (χ1n) is 5.35. The fourth-order valence-electron chi connectivity index (χ4n) is 1.82. The molecular weight excluding hydrogens is 174 g/mol. The number of aryl methyl sites for hydroxylation is 1. The van der Waals surface area contributed by atoms with E-state index in [0.29, 0.717) is 6.10 Å². The normalized spacial score (nSPS) is 21.1. The van der Waals surface area contributed by atoms with E-state index >= 15 is 0 Å². The number of ether oxygens (including phenoxy) is 1. The monoisotopic (exact) mass is 191 g/mol. The first-order valence-corrected chi connectivity index (χ1v) is 5.35. The number of nitrogens with one attached hydrogen (secondary N) is 1. The summed E-state index contributed by atoms with van der Waals surface area (Å²) < 4.78 is 5.93. The van der Waals surface area contributed by atoms with Crippen LogP contribution in [-0.4, -0.2) is 19.2 Å². The third-order valence-electron chi connectivity index (χ3n) is 2.66. The highest BCUT2D eigenvalue weighted by Gasteiger charge is 2.16. The second-order valence-electron chi connectivity index (χ2n) is 3.69. The van der Waals surface area contributed by atoms with E-state index in [0.717, 1.165) is 31.7 Å². The van der Waals surface area contributed by atoms with Crippen LogP contribution in [0, 0.1) is 0 Å². The highest BCUT2D eigenvalue weighted by molar-refractivity contribution is 5.33. The van der Waals surface area contributed by atoms with E-state index in [4.69, 9.17) is 4.74 Å². The Morgan fingerprint density at radius 1 is 1.43 bits per heavy atom. The fourth-order valence-corrected chi connectivity index (χ4v) is 1.82. The van der Waals surface area contributed by atoms with Gasteiger partial charge in [-0.2, -0.15) is 0 Å². The molecule has 1 N–H and O–H groups in total. The van der Waals surface area contributed by atoms with Crippen molar-refractivity contribution in [1.82, 2.24) is 5.32 Å². The molecule has 2 nitrogen and oxygen atoms in total. The molecule has 0 amide bonds. The molecular formula is C12H17NO. The molecule has 0 bridgehead atoms. The van der Waals surface area contributed by atoms with Crippen molar-refractivity contribution in [3.8, 4) is 5.75 Å². The number of hydrogen-bond acceptors (Lipinski definition) is 2. The standard InChI is InChI=1S/C12H17NO/c1-2-10-5-3-4-6-12(10)14-11-7-8-13-9-11/h3-6,11,13H,2,7-9H2,1H3/t11-/m0/s1. The second-order valence-corrected chi connectivity index (χ2v) is 3.69. The Bertz CT molecular complexity index is 292. The first-order chi connectivity index (χ1) is 6.90. The van der Waals surface area contributed by atoms with Gasteiger partial charge in [-0.3, -0.25) is 0 Å². The van der Waals surface area contributed by atoms with E-state index in [9.17, 15) is 0 Å². The summed E-state index contributed by atoms with van der Waals surface area (Å²) in [5.41, 5.74) is 1.31. The lowest BCUT2D eigenvalue weighted by Crippen LogP contribution is -2.20. The molecule has 0 radical (unpaired) electrons. The van der Waals surface area contributed by atoms with Crippen LogP contribution in [0.4, 0.5) is 0 Å². The van der Waals surface area contributed by atoms with Crippen LogP contribution < -0.4 is 10.1 Å². The first kappa shape index (κ1) is 9.53. The topological polar surface area (TPSA) is 21.3 Å². The van der Waals surface area contributed by atoms with Crippen molar-refractivity contribution in [3.05, 3.63) is 29.8 Å². The molecule has 0 unspecified atom stereocenters. The minimum absolute atomic E-state index is 0.364. The summed E-state index contributed by atoms with van der Waals surface area (Å²) in [7, 11) is 0. The van der Waals surface area contributed by atoms with Crippen molar-refractivity contribution in [2.45, 2.75) is 25.9 Å². The Balaban J connectivity index is 2.07. The molecule has 1 saturated heterocycles. The van der Waals surface area contributed by atoms with E-state index < -0.39 is 0 Å². The maximum atomic E-state index is 5.93. The van der Waals surface area contributed by atoms with Crippen LogP contribution in [0.5, 0.6) is 5.75 Å². The molecule has 1 aliphatic heterocycles. The lowest BCUT2D eigenvalue weighted by atomic mass is 10.1. The van der Waals surface area contributed by atoms with Gasteiger partial charge in [0.2, 0.25) is 0 Å². The van der Waals surface area contributed by atoms with Gasteiger partial charge in [-0.05, 0) is 31.0 Å². The SMILES string of the molecule is CCc1ccccc1O[C@H]1CCNC1. The molecule has 2 rings (SSSR count). The van der Waals surface area contributed by atoms with Gasteiger partial charge in [-0.25, -0.2) is 0 Å². The van der Waals surface area contributed by atoms with Gasteiger partial charge < -0.3 is 10.1 Å². The molecule has 14 heavy (non-hydrogen) atoms. The summed E-state index contributed by atoms with van der Waals surface area (Å²) in [6.45, 7) is 4.23. The summed E-state index contributed by atoms with van der Waals surface area (Å²) in [5.74, 6) is 1.06. The van der Waals surface area contributed by atoms with Crippen LogP contribution in [0.3, 0.4) is 0 Å². The van der Waals surface area contributed by atoms with Crippen molar-refractivity contribution in [3.63, 3.8) is 0 Å². The lowest BCUT2D eigenvalue weighted by molar-refractivity contribution is 0.221. The minimum Gasteiger partial charge on any atom is -0.489 e. The summed E-state index contributed by atoms with van der Waals surface area (Å²) in [4.78, 5) is 0. The van der Waals surface area contributed by atoms with Gasteiger partial charge in [-0.1, -0.05) is 25.1 Å². The van der Waals surface area contributed by atoms with Gasteiger partial charge in [0.15, 0.2) is 0 Å². The number of hydrogen-bond donors (Lipinski definition) is 1. The van der Waals surface area contributed by atoms with Gasteiger partial charge in [0.1, 0.15) is 11.9 Å². The Labute approximate surface area is 85.3 Å². The molecule has 1 heterocycles. The molecule has 1 fully saturated rings. The summed E-state index contributed by atoms with van der Waals surface area (Å²) in [5, 5.41) is 3.31. The largest absolute Gasteiger partial charge is 0.489 e. The summed E-state index contributed by atoms with van der Waals surface area (Å²) in [6, 6.07) is 8.31. The maximum Gasteiger partial charge on any atom is 0.122 e. The molecule has 1 aliphatic rings. The van der Waals surface area contributed by atoms with Gasteiger partial charge in [0.25, 0.3) is 0 Å². The highest BCUT2D eigenvalue weighted by Crippen LogP contribution is 2.21. The van der Waals surface area contributed by atoms with Crippen LogP contribution in [0.2, 0.25) is 0 Å². The molecule has 0 aromatic heterocycles. The number of rotatable bonds is 3. The average molecular weight is 191 g/mol. The predicted molar refractivity (Wildman–Crippen MR) is 57.7 cm³/mol. The van der Waals surface area contributed by atoms with Crippen molar-refractivity contribution in [2.75, 3.05) is 13.1 Å². The minimum atomic E-state index is 0.364. The lowest BCUT2D eigenvalue weighted by Gasteiger charge is -2.15. The van der Waals surface area contributed by atoms with Gasteiger partial charge >= 0.3 is 0 Å². The molecule has 1 aromatic rings. The summed E-state index contributed by atoms with van der Waals surface area (Å²) >= 11 is 0. The third-order valence-corrected chi connectivity index (χ3v) is 2.66. The Morgan fingerprint density at radius 2 is 2.29 bits per heavy atom. The van der Waals surface area contributed by atoms with Gasteiger partial charge in [0, 0.05) is 6.54 Å². The second kappa shape index (κ2) is 4.47. The van der Waals surface area contributed by atoms with Crippen molar-refractivity contribution in [2.24, 2.45) is 0 Å². The Morgan fingerprint density at radius 3 is 3.00 bits per heavy atom. The van der Waals surface area contributed by atoms with E-state index in [1.165, 1.54) is 5.56 Å². The summed E-state index contributed by atoms with van der Waals surface area (Å²) in [6.07, 6.45) is 2.52. The zero-order valence-corrected chi connectivity index (χ0v) is 8.62. The maximum absolute atomic E-state index is 5.93. The zero-order valence-electron chi connectivity index (χ0n) is 8.62. The van der Waals surface area contributed by atoms with Crippen LogP contribution in [0.25, 0.3) is 0 Å². The van der Waals surface area contributed by atoms with Crippen molar-refractivity contribution >= 4 is 0 Å². The highest BCUT2D eigenvalue weighted by atomic mass is 16.5. The predicted octanol–water partition coefficient (Wildman–Crippen LogP) is 1.99. The van der Waals surface area contributed by atoms with Crippen molar-refractivity contribution in [1.29, 1.82) is 0 Å². The molecule has 0 saturated carbocycles. The Hall–Kier alpha value is -1.02. The van der Waals surface area contributed by atoms with Gasteiger partial charge in [-0.15, -0.1) is 0 Å². The van der Waals surface area contributed by atoms with Crippen LogP contribution in [0.1, 0.15) is 18.9 Å². The van der Waals surface area contributed by atoms with Crippen LogP contribution >= 0.6 is 0 Å². The van der Waals surface area contributed by atoms with Crippen LogP contribution in [0.15, 0.2) is 24.3 Å². The Kier molecular flexibility index (Phi) is 3.04. The fraction of sp³-hybridized carbons (Fsp3) is 0.500. The molecule has 1 aromatic carbocycles. The quantitative estimate of drug-likeness (QED) is 0.789. The van der Waals surface area contributed by atoms with E-state index in [2.05, 4.69) is 30.4 Å². The smallest absolute Gasteiger partial charge is 0.122 e. The molecule has 76 valence electrons. The van der Waals surface area contributed by atoms with Crippen LogP contribution in [-0.2, 0) is 6.42 Å². The number of benzene rings is 1.